The SMILES string of the molecule is Cc1cccc(Nc2nc(N[C@@H]3CCCC[C@@H]3O)nc3c2C(=O)NC3)c1. The smallest absolute Gasteiger partial charge is 0.257 e. The minimum Gasteiger partial charge on any atom is -0.391 e. The van der Waals surface area contributed by atoms with Crippen LogP contribution in [0.2, 0.25) is 0 Å². The van der Waals surface area contributed by atoms with Crippen molar-refractivity contribution >= 4 is 23.4 Å². The molecule has 2 aliphatic rings. The maximum Gasteiger partial charge on any atom is 0.257 e. The van der Waals surface area contributed by atoms with Gasteiger partial charge in [0.2, 0.25) is 5.95 Å². The monoisotopic (exact) mass is 353 g/mol. The van der Waals surface area contributed by atoms with Gasteiger partial charge in [0.25, 0.3) is 5.91 Å². The van der Waals surface area contributed by atoms with Gasteiger partial charge in [0.15, 0.2) is 0 Å². The molecule has 4 N–H and O–H groups in total. The van der Waals surface area contributed by atoms with E-state index in [0.717, 1.165) is 36.9 Å². The van der Waals surface area contributed by atoms with Gasteiger partial charge in [0.05, 0.1) is 24.4 Å². The second-order valence-electron chi connectivity index (χ2n) is 7.00. The first-order valence-corrected chi connectivity index (χ1v) is 9.07. The van der Waals surface area contributed by atoms with Crippen molar-refractivity contribution in [2.24, 2.45) is 0 Å². The molecule has 1 aromatic heterocycles. The molecule has 1 aliphatic heterocycles. The zero-order chi connectivity index (χ0) is 18.1. The molecule has 1 fully saturated rings. The van der Waals surface area contributed by atoms with Crippen LogP contribution in [0.15, 0.2) is 24.3 Å². The van der Waals surface area contributed by atoms with E-state index < -0.39 is 6.10 Å². The zero-order valence-corrected chi connectivity index (χ0v) is 14.7. The van der Waals surface area contributed by atoms with Crippen molar-refractivity contribution in [3.8, 4) is 0 Å². The van der Waals surface area contributed by atoms with Crippen molar-refractivity contribution < 1.29 is 9.90 Å². The van der Waals surface area contributed by atoms with Gasteiger partial charge >= 0.3 is 0 Å². The molecular formula is C19H23N5O2. The molecule has 0 spiro atoms. The number of nitrogens with one attached hydrogen (secondary N) is 3. The van der Waals surface area contributed by atoms with E-state index in [-0.39, 0.29) is 11.9 Å². The van der Waals surface area contributed by atoms with Gasteiger partial charge in [0, 0.05) is 5.69 Å². The molecule has 1 saturated carbocycles. The van der Waals surface area contributed by atoms with Crippen LogP contribution in [0.1, 0.15) is 47.3 Å². The second-order valence-corrected chi connectivity index (χ2v) is 7.00. The third kappa shape index (κ3) is 3.35. The number of amides is 1. The van der Waals surface area contributed by atoms with Gasteiger partial charge in [-0.3, -0.25) is 4.79 Å². The summed E-state index contributed by atoms with van der Waals surface area (Å²) in [7, 11) is 0. The van der Waals surface area contributed by atoms with E-state index in [1.54, 1.807) is 0 Å². The lowest BCUT2D eigenvalue weighted by Crippen LogP contribution is -2.37. The van der Waals surface area contributed by atoms with Crippen LogP contribution in [0.3, 0.4) is 0 Å². The molecule has 0 radical (unpaired) electrons. The quantitative estimate of drug-likeness (QED) is 0.674. The summed E-state index contributed by atoms with van der Waals surface area (Å²) in [6.07, 6.45) is 3.40. The van der Waals surface area contributed by atoms with Crippen LogP contribution in [-0.2, 0) is 6.54 Å². The number of aryl methyl sites for hydroxylation is 1. The predicted octanol–water partition coefficient (Wildman–Crippen LogP) is 2.49. The lowest BCUT2D eigenvalue weighted by Gasteiger charge is -2.28. The Hall–Kier alpha value is -2.67. The van der Waals surface area contributed by atoms with Crippen molar-refractivity contribution in [3.05, 3.63) is 41.1 Å². The van der Waals surface area contributed by atoms with E-state index in [9.17, 15) is 9.90 Å². The second kappa shape index (κ2) is 6.92. The molecule has 7 heteroatoms. The molecule has 7 nitrogen and oxygen atoms in total. The summed E-state index contributed by atoms with van der Waals surface area (Å²) >= 11 is 0. The number of hydrogen-bond donors (Lipinski definition) is 4. The van der Waals surface area contributed by atoms with Gasteiger partial charge < -0.3 is 21.1 Å². The Kier molecular flexibility index (Phi) is 4.46. The molecule has 2 aromatic rings. The highest BCUT2D eigenvalue weighted by atomic mass is 16.3. The highest BCUT2D eigenvalue weighted by molar-refractivity contribution is 6.02. The van der Waals surface area contributed by atoms with E-state index in [4.69, 9.17) is 0 Å². The summed E-state index contributed by atoms with van der Waals surface area (Å²) in [5.74, 6) is 0.768. The number of aromatic nitrogens is 2. The van der Waals surface area contributed by atoms with Crippen LogP contribution in [0.4, 0.5) is 17.5 Å². The van der Waals surface area contributed by atoms with Crippen molar-refractivity contribution in [2.45, 2.75) is 51.3 Å². The zero-order valence-electron chi connectivity index (χ0n) is 14.7. The molecule has 26 heavy (non-hydrogen) atoms. The van der Waals surface area contributed by atoms with E-state index in [2.05, 4.69) is 25.9 Å². The number of aliphatic hydroxyl groups is 1. The number of hydrogen-bond acceptors (Lipinski definition) is 6. The first kappa shape index (κ1) is 16.8. The molecule has 0 unspecified atom stereocenters. The maximum atomic E-state index is 12.2. The molecular weight excluding hydrogens is 330 g/mol. The Balaban J connectivity index is 1.65. The van der Waals surface area contributed by atoms with Gasteiger partial charge in [-0.2, -0.15) is 4.98 Å². The highest BCUT2D eigenvalue weighted by Gasteiger charge is 2.29. The fourth-order valence-corrected chi connectivity index (χ4v) is 3.59. The Morgan fingerprint density at radius 2 is 2.08 bits per heavy atom. The van der Waals surface area contributed by atoms with E-state index >= 15 is 0 Å². The van der Waals surface area contributed by atoms with Crippen molar-refractivity contribution in [2.75, 3.05) is 10.6 Å². The van der Waals surface area contributed by atoms with E-state index in [0.29, 0.717) is 29.6 Å². The van der Waals surface area contributed by atoms with Gasteiger partial charge in [-0.05, 0) is 37.5 Å². The standard InChI is InChI=1S/C19H23N5O2/c1-11-5-4-6-12(9-11)21-17-16-14(10-20-18(16)26)23-19(24-17)22-13-7-2-3-8-15(13)25/h4-6,9,13,15,25H,2-3,7-8,10H2,1H3,(H,20,26)(H2,21,22,23,24)/t13-,15+/m1/s1. The van der Waals surface area contributed by atoms with Gasteiger partial charge in [-0.25, -0.2) is 4.98 Å². The summed E-state index contributed by atoms with van der Waals surface area (Å²) in [4.78, 5) is 21.2. The first-order chi connectivity index (χ1) is 12.6. The number of carbonyl (C=O) groups excluding carboxylic acids is 1. The maximum absolute atomic E-state index is 12.2. The van der Waals surface area contributed by atoms with Crippen molar-refractivity contribution in [1.82, 2.24) is 15.3 Å². The predicted molar refractivity (Wildman–Crippen MR) is 99.5 cm³/mol. The molecule has 1 amide bonds. The average molecular weight is 353 g/mol. The summed E-state index contributed by atoms with van der Waals surface area (Å²) in [5.41, 5.74) is 3.15. The van der Waals surface area contributed by atoms with Crippen LogP contribution < -0.4 is 16.0 Å². The summed E-state index contributed by atoms with van der Waals surface area (Å²) in [6.45, 7) is 2.40. The largest absolute Gasteiger partial charge is 0.391 e. The van der Waals surface area contributed by atoms with E-state index in [1.807, 2.05) is 31.2 Å². The molecule has 136 valence electrons. The Morgan fingerprint density at radius 1 is 1.23 bits per heavy atom. The number of rotatable bonds is 4. The van der Waals surface area contributed by atoms with Crippen molar-refractivity contribution in [3.63, 3.8) is 0 Å². The molecule has 0 saturated heterocycles. The number of nitrogens with zero attached hydrogens (tertiary/aromatic N) is 2. The first-order valence-electron chi connectivity index (χ1n) is 9.07. The minimum absolute atomic E-state index is 0.0568. The van der Waals surface area contributed by atoms with Gasteiger partial charge in [-0.15, -0.1) is 0 Å². The molecule has 1 aromatic carbocycles. The number of fused-ring (bicyclic) bond motifs is 1. The number of aliphatic hydroxyl groups excluding tert-OH is 1. The number of carbonyl (C=O) groups is 1. The number of benzene rings is 1. The molecule has 2 heterocycles. The lowest BCUT2D eigenvalue weighted by atomic mass is 9.93. The molecule has 4 rings (SSSR count). The Morgan fingerprint density at radius 3 is 2.88 bits per heavy atom. The third-order valence-corrected chi connectivity index (χ3v) is 4.95. The highest BCUT2D eigenvalue weighted by Crippen LogP contribution is 2.28. The summed E-state index contributed by atoms with van der Waals surface area (Å²) in [6, 6.07) is 7.85. The fourth-order valence-electron chi connectivity index (χ4n) is 3.59. The van der Waals surface area contributed by atoms with E-state index in [1.165, 1.54) is 0 Å². The van der Waals surface area contributed by atoms with Crippen LogP contribution in [0.25, 0.3) is 0 Å². The molecule has 1 aliphatic carbocycles. The van der Waals surface area contributed by atoms with Crippen molar-refractivity contribution in [1.29, 1.82) is 0 Å². The molecule has 0 bridgehead atoms. The Bertz CT molecular complexity index is 839. The average Bonchev–Trinajstić information content (AvgIpc) is 2.98. The Labute approximate surface area is 152 Å². The number of anilines is 3. The van der Waals surface area contributed by atoms with Gasteiger partial charge in [0.1, 0.15) is 11.4 Å². The lowest BCUT2D eigenvalue weighted by molar-refractivity contribution is 0.0966. The van der Waals surface area contributed by atoms with Crippen LogP contribution >= 0.6 is 0 Å². The summed E-state index contributed by atoms with van der Waals surface area (Å²) < 4.78 is 0. The normalized spacial score (nSPS) is 21.8. The molecule has 2 atom stereocenters. The van der Waals surface area contributed by atoms with Gasteiger partial charge in [-0.1, -0.05) is 25.0 Å². The van der Waals surface area contributed by atoms with Crippen LogP contribution in [0, 0.1) is 6.92 Å². The third-order valence-electron chi connectivity index (χ3n) is 4.95. The summed E-state index contributed by atoms with van der Waals surface area (Å²) in [5, 5.41) is 19.5. The van der Waals surface area contributed by atoms with Crippen LogP contribution in [-0.4, -0.2) is 33.1 Å². The topological polar surface area (TPSA) is 99.2 Å². The van der Waals surface area contributed by atoms with Crippen LogP contribution in [0.5, 0.6) is 0 Å². The minimum atomic E-state index is -0.395. The fraction of sp³-hybridized carbons (Fsp3) is 0.421.